The monoisotopic (exact) mass is 549 g/mol. The first-order chi connectivity index (χ1) is 17.6. The highest BCUT2D eigenvalue weighted by Crippen LogP contribution is 2.52. The molecule has 0 amide bonds. The molecule has 3 aromatic rings. The minimum atomic E-state index is -4.76. The predicted octanol–water partition coefficient (Wildman–Crippen LogP) is 6.83. The highest BCUT2D eigenvalue weighted by Gasteiger charge is 2.45. The highest BCUT2D eigenvalue weighted by molar-refractivity contribution is 7.77. The second-order valence-corrected chi connectivity index (χ2v) is 12.9. The van der Waals surface area contributed by atoms with Gasteiger partial charge in [0.25, 0.3) is 0 Å². The Morgan fingerprint density at radius 2 is 1.68 bits per heavy atom. The van der Waals surface area contributed by atoms with Gasteiger partial charge in [0, 0.05) is 23.0 Å². The van der Waals surface area contributed by atoms with Crippen molar-refractivity contribution in [3.05, 3.63) is 48.0 Å². The Kier molecular flexibility index (Phi) is 6.55. The van der Waals surface area contributed by atoms with Crippen LogP contribution >= 0.6 is 0 Å². The van der Waals surface area contributed by atoms with E-state index in [4.69, 9.17) is 4.98 Å². The predicted molar refractivity (Wildman–Crippen MR) is 140 cm³/mol. The van der Waals surface area contributed by atoms with Gasteiger partial charge in [0.2, 0.25) is 5.95 Å². The van der Waals surface area contributed by atoms with Gasteiger partial charge in [-0.3, -0.25) is 4.21 Å². The number of aromatic nitrogens is 2. The molecule has 2 N–H and O–H groups in total. The number of ether oxygens (including phenoxy) is 1. The molecule has 2 aliphatic rings. The van der Waals surface area contributed by atoms with Crippen molar-refractivity contribution in [3.63, 3.8) is 0 Å². The SMILES string of the molecule is CC1(C)CC(n2c(Nc3ccc(OC(F)(F)F)cc3)nc3cc(C4(NS(=O)[O-])CC4)ccc32)CC(C)(C)C1. The molecule has 1 atom stereocenters. The molecule has 0 bridgehead atoms. The molecule has 7 nitrogen and oxygen atoms in total. The van der Waals surface area contributed by atoms with Crippen LogP contribution < -0.4 is 14.8 Å². The fraction of sp³-hybridized carbons (Fsp3) is 0.519. The van der Waals surface area contributed by atoms with Gasteiger partial charge >= 0.3 is 6.36 Å². The van der Waals surface area contributed by atoms with E-state index in [1.165, 1.54) is 24.3 Å². The summed E-state index contributed by atoms with van der Waals surface area (Å²) in [5.41, 5.74) is 2.71. The summed E-state index contributed by atoms with van der Waals surface area (Å²) in [5, 5.41) is 3.31. The molecule has 0 spiro atoms. The Balaban J connectivity index is 1.55. The summed E-state index contributed by atoms with van der Waals surface area (Å²) < 4.78 is 69.4. The molecule has 1 unspecified atom stereocenters. The third-order valence-electron chi connectivity index (χ3n) is 7.51. The van der Waals surface area contributed by atoms with Crippen molar-refractivity contribution >= 4 is 33.9 Å². The molecular weight excluding hydrogens is 517 g/mol. The summed E-state index contributed by atoms with van der Waals surface area (Å²) >= 11 is -2.38. The molecule has 5 rings (SSSR count). The lowest BCUT2D eigenvalue weighted by atomic mass is 9.63. The summed E-state index contributed by atoms with van der Waals surface area (Å²) in [6.07, 6.45) is -0.342. The number of anilines is 2. The Hall–Kier alpha value is -2.63. The Morgan fingerprint density at radius 1 is 1.05 bits per heavy atom. The number of halogens is 3. The molecular formula is C27H32F3N4O3S-. The van der Waals surface area contributed by atoms with Crippen LogP contribution in [0.15, 0.2) is 42.5 Å². The topological polar surface area (TPSA) is 91.2 Å². The Bertz CT molecular complexity index is 1350. The van der Waals surface area contributed by atoms with E-state index < -0.39 is 23.2 Å². The first-order valence-electron chi connectivity index (χ1n) is 12.7. The average molecular weight is 550 g/mol. The van der Waals surface area contributed by atoms with Gasteiger partial charge in [0.1, 0.15) is 5.75 Å². The number of nitrogens with one attached hydrogen (secondary N) is 2. The van der Waals surface area contributed by atoms with Crippen LogP contribution in [0, 0.1) is 10.8 Å². The van der Waals surface area contributed by atoms with Crippen molar-refractivity contribution in [3.8, 4) is 5.75 Å². The van der Waals surface area contributed by atoms with Gasteiger partial charge in [-0.1, -0.05) is 33.8 Å². The maximum Gasteiger partial charge on any atom is 0.573 e. The van der Waals surface area contributed by atoms with Gasteiger partial charge in [-0.25, -0.2) is 9.71 Å². The first kappa shape index (κ1) is 27.0. The minimum absolute atomic E-state index is 0.108. The van der Waals surface area contributed by atoms with E-state index in [9.17, 15) is 21.9 Å². The van der Waals surface area contributed by atoms with Crippen LogP contribution in [0.4, 0.5) is 24.8 Å². The molecule has 1 heterocycles. The largest absolute Gasteiger partial charge is 0.760 e. The molecule has 1 aromatic heterocycles. The van der Waals surface area contributed by atoms with Gasteiger partial charge in [-0.05, 0) is 84.9 Å². The van der Waals surface area contributed by atoms with E-state index in [0.29, 0.717) is 11.6 Å². The highest BCUT2D eigenvalue weighted by atomic mass is 32.2. The molecule has 11 heteroatoms. The lowest BCUT2D eigenvalue weighted by Gasteiger charge is -2.45. The van der Waals surface area contributed by atoms with Crippen molar-refractivity contribution in [1.82, 2.24) is 14.3 Å². The summed E-state index contributed by atoms with van der Waals surface area (Å²) in [6.45, 7) is 9.10. The second-order valence-electron chi connectivity index (χ2n) is 12.2. The van der Waals surface area contributed by atoms with Gasteiger partial charge in [-0.2, -0.15) is 0 Å². The molecule has 2 saturated carbocycles. The number of hydrogen-bond donors (Lipinski definition) is 2. The summed E-state index contributed by atoms with van der Waals surface area (Å²) in [4.78, 5) is 4.90. The first-order valence-corrected chi connectivity index (χ1v) is 13.7. The summed E-state index contributed by atoms with van der Waals surface area (Å²) in [6, 6.07) is 11.6. The van der Waals surface area contributed by atoms with Gasteiger partial charge in [0.05, 0.1) is 16.6 Å². The lowest BCUT2D eigenvalue weighted by molar-refractivity contribution is -0.274. The number of imidazole rings is 1. The number of rotatable bonds is 7. The Morgan fingerprint density at radius 3 is 2.24 bits per heavy atom. The molecule has 2 fully saturated rings. The third kappa shape index (κ3) is 5.84. The van der Waals surface area contributed by atoms with Gasteiger partial charge < -0.3 is 19.2 Å². The summed E-state index contributed by atoms with van der Waals surface area (Å²) in [7, 11) is 0. The van der Waals surface area contributed by atoms with Gasteiger partial charge in [-0.15, -0.1) is 13.2 Å². The van der Waals surface area contributed by atoms with Gasteiger partial charge in [0.15, 0.2) is 0 Å². The van der Waals surface area contributed by atoms with Crippen LogP contribution in [0.1, 0.15) is 71.4 Å². The number of fused-ring (bicyclic) bond motifs is 1. The number of alkyl halides is 3. The van der Waals surface area contributed by atoms with Crippen LogP contribution in [-0.4, -0.2) is 24.7 Å². The zero-order valence-electron chi connectivity index (χ0n) is 21.8. The zero-order valence-corrected chi connectivity index (χ0v) is 22.6. The van der Waals surface area contributed by atoms with E-state index >= 15 is 0 Å². The van der Waals surface area contributed by atoms with Crippen molar-refractivity contribution < 1.29 is 26.7 Å². The van der Waals surface area contributed by atoms with Crippen molar-refractivity contribution in [2.45, 2.75) is 77.7 Å². The van der Waals surface area contributed by atoms with E-state index in [2.05, 4.69) is 47.0 Å². The maximum absolute atomic E-state index is 12.6. The molecule has 0 aliphatic heterocycles. The van der Waals surface area contributed by atoms with Crippen LogP contribution in [-0.2, 0) is 16.8 Å². The molecule has 2 aromatic carbocycles. The quantitative estimate of drug-likeness (QED) is 0.315. The fourth-order valence-corrected chi connectivity index (χ4v) is 7.07. The third-order valence-corrected chi connectivity index (χ3v) is 8.07. The van der Waals surface area contributed by atoms with Crippen molar-refractivity contribution in [2.75, 3.05) is 5.32 Å². The minimum Gasteiger partial charge on any atom is -0.760 e. The standard InChI is InChI=1S/C27H33F3N4O3S/c1-24(2)14-19(15-25(3,4)16-24)34-22-10-5-17(26(11-12-26)33-38(35)36)13-21(22)32-23(34)31-18-6-8-20(9-7-18)37-27(28,29)30/h5-10,13,19,33H,11-12,14-16H2,1-4H3,(H,31,32)(H,35,36)/p-1. The van der Waals surface area contributed by atoms with E-state index in [1.54, 1.807) is 0 Å². The average Bonchev–Trinajstić information content (AvgIpc) is 3.43. The number of nitrogens with zero attached hydrogens (tertiary/aromatic N) is 2. The maximum atomic E-state index is 12.6. The molecule has 2 aliphatic carbocycles. The van der Waals surface area contributed by atoms with E-state index in [1.807, 2.05) is 18.2 Å². The lowest BCUT2D eigenvalue weighted by Crippen LogP contribution is -2.35. The summed E-state index contributed by atoms with van der Waals surface area (Å²) in [5.74, 6) is 0.292. The molecule has 206 valence electrons. The van der Waals surface area contributed by atoms with Crippen LogP contribution in [0.3, 0.4) is 0 Å². The molecule has 0 saturated heterocycles. The number of hydrogen-bond acceptors (Lipinski definition) is 5. The molecule has 38 heavy (non-hydrogen) atoms. The fourth-order valence-electron chi connectivity index (χ4n) is 6.43. The van der Waals surface area contributed by atoms with E-state index in [0.717, 1.165) is 48.7 Å². The van der Waals surface area contributed by atoms with Crippen LogP contribution in [0.25, 0.3) is 11.0 Å². The van der Waals surface area contributed by atoms with Crippen LogP contribution in [0.5, 0.6) is 5.75 Å². The van der Waals surface area contributed by atoms with Crippen molar-refractivity contribution in [2.24, 2.45) is 10.8 Å². The smallest absolute Gasteiger partial charge is 0.573 e. The molecule has 0 radical (unpaired) electrons. The number of benzene rings is 2. The van der Waals surface area contributed by atoms with Crippen LogP contribution in [0.2, 0.25) is 0 Å². The Labute approximate surface area is 222 Å². The van der Waals surface area contributed by atoms with Crippen molar-refractivity contribution in [1.29, 1.82) is 0 Å². The van der Waals surface area contributed by atoms with E-state index in [-0.39, 0.29) is 22.6 Å². The normalized spacial score (nSPS) is 21.3. The zero-order chi connectivity index (χ0) is 27.5. The second kappa shape index (κ2) is 9.24.